The number of aryl methyl sites for hydroxylation is 1. The molecular weight excluding hydrogens is 405 g/mol. The van der Waals surface area contributed by atoms with Gasteiger partial charge in [-0.15, -0.1) is 11.3 Å². The Morgan fingerprint density at radius 1 is 1.13 bits per heavy atom. The van der Waals surface area contributed by atoms with Gasteiger partial charge in [-0.3, -0.25) is 0 Å². The third-order valence-corrected chi connectivity index (χ3v) is 6.40. The highest BCUT2D eigenvalue weighted by Gasteiger charge is 2.28. The van der Waals surface area contributed by atoms with Crippen LogP contribution in [0, 0.1) is 12.7 Å². The summed E-state index contributed by atoms with van der Waals surface area (Å²) in [5.41, 5.74) is 3.85. The van der Waals surface area contributed by atoms with Gasteiger partial charge in [0.05, 0.1) is 40.7 Å². The number of aliphatic hydroxyl groups is 1. The first-order chi connectivity index (χ1) is 14.5. The summed E-state index contributed by atoms with van der Waals surface area (Å²) in [6.45, 7) is 1.98. The van der Waals surface area contributed by atoms with Gasteiger partial charge in [0.1, 0.15) is 11.1 Å². The van der Waals surface area contributed by atoms with Gasteiger partial charge in [-0.25, -0.2) is 19.3 Å². The van der Waals surface area contributed by atoms with Crippen molar-refractivity contribution in [2.24, 2.45) is 0 Å². The van der Waals surface area contributed by atoms with Crippen molar-refractivity contribution >= 4 is 32.6 Å². The van der Waals surface area contributed by atoms with Crippen molar-refractivity contribution in [1.82, 2.24) is 15.0 Å². The summed E-state index contributed by atoms with van der Waals surface area (Å²) in [6, 6.07) is 7.01. The molecule has 5 rings (SSSR count). The predicted octanol–water partition coefficient (Wildman–Crippen LogP) is 4.65. The molecule has 6 nitrogen and oxygen atoms in total. The Bertz CT molecular complexity index is 1260. The lowest BCUT2D eigenvalue weighted by Crippen LogP contribution is -2.25. The van der Waals surface area contributed by atoms with Crippen LogP contribution in [0.15, 0.2) is 30.5 Å². The summed E-state index contributed by atoms with van der Waals surface area (Å²) in [5, 5.41) is 10.7. The van der Waals surface area contributed by atoms with Crippen LogP contribution in [0.1, 0.15) is 24.8 Å². The van der Waals surface area contributed by atoms with E-state index in [-0.39, 0.29) is 11.9 Å². The van der Waals surface area contributed by atoms with Gasteiger partial charge in [-0.1, -0.05) is 0 Å². The highest BCUT2D eigenvalue weighted by Crippen LogP contribution is 2.37. The Kier molecular flexibility index (Phi) is 4.75. The Hall–Kier alpha value is -2.84. The average Bonchev–Trinajstić information content (AvgIpc) is 3.32. The Morgan fingerprint density at radius 3 is 2.77 bits per heavy atom. The molecule has 0 bridgehead atoms. The molecule has 0 amide bonds. The van der Waals surface area contributed by atoms with Crippen LogP contribution in [0.5, 0.6) is 11.6 Å². The third kappa shape index (κ3) is 3.36. The number of rotatable bonds is 4. The molecule has 0 aliphatic heterocycles. The number of fused-ring (bicyclic) bond motifs is 2. The maximum atomic E-state index is 14.6. The second kappa shape index (κ2) is 7.45. The van der Waals surface area contributed by atoms with Gasteiger partial charge >= 0.3 is 0 Å². The number of aliphatic hydroxyl groups excluding tert-OH is 1. The quantitative estimate of drug-likeness (QED) is 0.513. The molecule has 0 radical (unpaired) electrons. The minimum Gasteiger partial charge on any atom is -0.485 e. The molecule has 1 aliphatic rings. The monoisotopic (exact) mass is 425 g/mol. The van der Waals surface area contributed by atoms with Crippen molar-refractivity contribution in [3.63, 3.8) is 0 Å². The lowest BCUT2D eigenvalue weighted by molar-refractivity contribution is 0.0580. The maximum Gasteiger partial charge on any atom is 0.232 e. The van der Waals surface area contributed by atoms with Crippen LogP contribution in [-0.4, -0.2) is 39.4 Å². The van der Waals surface area contributed by atoms with Crippen molar-refractivity contribution < 1.29 is 19.0 Å². The molecule has 1 aliphatic carbocycles. The molecule has 2 atom stereocenters. The number of methoxy groups -OCH3 is 1. The molecule has 2 aromatic carbocycles. The number of nitrogens with zero attached hydrogens (tertiary/aromatic N) is 3. The molecule has 8 heteroatoms. The lowest BCUT2D eigenvalue weighted by atomic mass is 10.1. The first-order valence-electron chi connectivity index (χ1n) is 9.78. The fourth-order valence-electron chi connectivity index (χ4n) is 3.85. The maximum absolute atomic E-state index is 14.6. The summed E-state index contributed by atoms with van der Waals surface area (Å²) in [5.74, 6) is 0.126. The van der Waals surface area contributed by atoms with E-state index >= 15 is 0 Å². The van der Waals surface area contributed by atoms with Crippen LogP contribution in [0.25, 0.3) is 31.8 Å². The zero-order valence-electron chi connectivity index (χ0n) is 16.6. The van der Waals surface area contributed by atoms with Crippen LogP contribution in [0.4, 0.5) is 4.39 Å². The van der Waals surface area contributed by atoms with Crippen LogP contribution in [0.3, 0.4) is 0 Å². The topological polar surface area (TPSA) is 77.4 Å². The molecule has 2 heterocycles. The Balaban J connectivity index is 1.58. The van der Waals surface area contributed by atoms with E-state index in [1.807, 2.05) is 19.1 Å². The van der Waals surface area contributed by atoms with E-state index in [0.29, 0.717) is 28.9 Å². The number of aromatic nitrogens is 3. The fraction of sp³-hybridized carbons (Fsp3) is 0.318. The number of benzene rings is 2. The van der Waals surface area contributed by atoms with Crippen LogP contribution in [0.2, 0.25) is 0 Å². The lowest BCUT2D eigenvalue weighted by Gasteiger charge is -2.17. The number of thiazole rings is 1. The zero-order valence-corrected chi connectivity index (χ0v) is 17.4. The molecule has 1 saturated carbocycles. The van der Waals surface area contributed by atoms with Crippen LogP contribution >= 0.6 is 11.3 Å². The molecule has 1 N–H and O–H groups in total. The summed E-state index contributed by atoms with van der Waals surface area (Å²) in [4.78, 5) is 13.6. The Morgan fingerprint density at radius 2 is 2.00 bits per heavy atom. The number of hydrogen-bond acceptors (Lipinski definition) is 7. The summed E-state index contributed by atoms with van der Waals surface area (Å²) in [6.07, 6.45) is 2.96. The summed E-state index contributed by atoms with van der Waals surface area (Å²) >= 11 is 1.45. The smallest absolute Gasteiger partial charge is 0.232 e. The first-order valence-corrected chi connectivity index (χ1v) is 10.6. The van der Waals surface area contributed by atoms with Gasteiger partial charge in [0.15, 0.2) is 11.6 Å². The molecule has 154 valence electrons. The van der Waals surface area contributed by atoms with Gasteiger partial charge in [0.2, 0.25) is 5.88 Å². The third-order valence-electron chi connectivity index (χ3n) is 5.35. The molecule has 0 spiro atoms. The summed E-state index contributed by atoms with van der Waals surface area (Å²) in [7, 11) is 1.55. The highest BCUT2D eigenvalue weighted by atomic mass is 32.1. The van der Waals surface area contributed by atoms with Crippen molar-refractivity contribution in [3.8, 4) is 22.2 Å². The van der Waals surface area contributed by atoms with E-state index in [4.69, 9.17) is 9.47 Å². The van der Waals surface area contributed by atoms with Crippen LogP contribution in [-0.2, 0) is 0 Å². The molecule has 2 aromatic heterocycles. The standard InChI is InChI=1S/C22H20FN3O3S/c1-11-6-12(21-15(7-11)25-20(28-2)10-24-21)22-26-14-8-13(23)18(9-19(14)30-22)29-17-5-3-4-16(17)27/h6-10,16-17,27H,3-5H2,1-2H3/t16-,17-/m0/s1. The molecule has 30 heavy (non-hydrogen) atoms. The molecule has 1 fully saturated rings. The molecule has 0 saturated heterocycles. The van der Waals surface area contributed by atoms with E-state index in [1.165, 1.54) is 17.4 Å². The van der Waals surface area contributed by atoms with E-state index in [2.05, 4.69) is 15.0 Å². The fourth-order valence-corrected chi connectivity index (χ4v) is 4.84. The van der Waals surface area contributed by atoms with Gasteiger partial charge < -0.3 is 14.6 Å². The molecule has 0 unspecified atom stereocenters. The number of hydrogen-bond donors (Lipinski definition) is 1. The van der Waals surface area contributed by atoms with Gasteiger partial charge in [0.25, 0.3) is 0 Å². The number of ether oxygens (including phenoxy) is 2. The predicted molar refractivity (Wildman–Crippen MR) is 114 cm³/mol. The number of halogens is 1. The largest absolute Gasteiger partial charge is 0.485 e. The second-order valence-electron chi connectivity index (χ2n) is 7.52. The van der Waals surface area contributed by atoms with Gasteiger partial charge in [0, 0.05) is 17.7 Å². The highest BCUT2D eigenvalue weighted by molar-refractivity contribution is 7.21. The summed E-state index contributed by atoms with van der Waals surface area (Å²) < 4.78 is 26.4. The first kappa shape index (κ1) is 19.1. The van der Waals surface area contributed by atoms with E-state index in [9.17, 15) is 9.50 Å². The minimum atomic E-state index is -0.550. The van der Waals surface area contributed by atoms with Gasteiger partial charge in [-0.05, 0) is 43.9 Å². The SMILES string of the molecule is COc1cnc2c(-c3nc4cc(F)c(O[C@H]5CCC[C@@H]5O)cc4s3)cc(C)cc2n1. The minimum absolute atomic E-state index is 0.155. The van der Waals surface area contributed by atoms with Crippen molar-refractivity contribution in [1.29, 1.82) is 0 Å². The van der Waals surface area contributed by atoms with E-state index < -0.39 is 11.9 Å². The zero-order chi connectivity index (χ0) is 20.8. The average molecular weight is 425 g/mol. The van der Waals surface area contributed by atoms with Crippen LogP contribution < -0.4 is 9.47 Å². The van der Waals surface area contributed by atoms with E-state index in [0.717, 1.165) is 33.7 Å². The van der Waals surface area contributed by atoms with Crippen molar-refractivity contribution in [2.45, 2.75) is 38.4 Å². The van der Waals surface area contributed by atoms with Crippen molar-refractivity contribution in [3.05, 3.63) is 41.8 Å². The van der Waals surface area contributed by atoms with E-state index in [1.54, 1.807) is 19.4 Å². The van der Waals surface area contributed by atoms with Gasteiger partial charge in [-0.2, -0.15) is 0 Å². The molecule has 4 aromatic rings. The van der Waals surface area contributed by atoms with Crippen molar-refractivity contribution in [2.75, 3.05) is 7.11 Å². The second-order valence-corrected chi connectivity index (χ2v) is 8.55. The Labute approximate surface area is 176 Å². The molecular formula is C22H20FN3O3S. The normalized spacial score (nSPS) is 18.9.